The molecule has 0 fully saturated rings. The molecule has 0 heterocycles. The van der Waals surface area contributed by atoms with E-state index in [4.69, 9.17) is 35.3 Å². The normalized spacial score (nSPS) is 12.7. The molecule has 0 radical (unpaired) electrons. The molecule has 2 rings (SSSR count). The second-order valence-corrected chi connectivity index (χ2v) is 10.3. The summed E-state index contributed by atoms with van der Waals surface area (Å²) < 4.78 is 27.7. The third-order valence-electron chi connectivity index (χ3n) is 5.40. The molecule has 0 aliphatic heterocycles. The first-order valence-corrected chi connectivity index (χ1v) is 13.2. The van der Waals surface area contributed by atoms with E-state index in [0.717, 1.165) is 14.7 Å². The van der Waals surface area contributed by atoms with E-state index in [2.05, 4.69) is 42.5 Å². The lowest BCUT2D eigenvalue weighted by atomic mass is 9.78. The van der Waals surface area contributed by atoms with Gasteiger partial charge in [0.15, 0.2) is 6.10 Å². The van der Waals surface area contributed by atoms with Crippen LogP contribution in [-0.4, -0.2) is 55.8 Å². The smallest absolute Gasteiger partial charge is 0.303 e. The Bertz CT molecular complexity index is 1070. The van der Waals surface area contributed by atoms with Crippen molar-refractivity contribution in [2.75, 3.05) is 25.7 Å². The van der Waals surface area contributed by atoms with Gasteiger partial charge in [-0.15, -0.1) is 11.6 Å². The highest BCUT2D eigenvalue weighted by Crippen LogP contribution is 2.35. The van der Waals surface area contributed by atoms with E-state index in [1.165, 1.54) is 20.8 Å². The SMILES string of the molecule is CC(=O)OC[C@@H](COc1ccc(C(C)(C)c2ccc(OC[C@H](CCl)OC(C)=O)c(I)c2)cc1)OC(C)=O. The number of benzene rings is 2. The number of hydrogen-bond donors (Lipinski definition) is 0. The predicted octanol–water partition coefficient (Wildman–Crippen LogP) is 5.04. The van der Waals surface area contributed by atoms with Crippen molar-refractivity contribution in [2.24, 2.45) is 0 Å². The van der Waals surface area contributed by atoms with E-state index in [1.807, 2.05) is 36.4 Å². The fraction of sp³-hybridized carbons (Fsp3) is 0.444. The van der Waals surface area contributed by atoms with Crippen LogP contribution in [0.15, 0.2) is 42.5 Å². The van der Waals surface area contributed by atoms with Gasteiger partial charge in [-0.1, -0.05) is 32.0 Å². The monoisotopic (exact) mass is 646 g/mol. The third kappa shape index (κ3) is 10.0. The Morgan fingerprint density at radius 2 is 1.38 bits per heavy atom. The lowest BCUT2D eigenvalue weighted by Crippen LogP contribution is -2.29. The summed E-state index contributed by atoms with van der Waals surface area (Å²) in [5.41, 5.74) is 1.84. The minimum atomic E-state index is -0.700. The van der Waals surface area contributed by atoms with Crippen molar-refractivity contribution >= 4 is 52.1 Å². The van der Waals surface area contributed by atoms with Gasteiger partial charge in [-0.2, -0.15) is 0 Å². The second kappa shape index (κ2) is 14.4. The Kier molecular flexibility index (Phi) is 12.0. The topological polar surface area (TPSA) is 97.4 Å². The van der Waals surface area contributed by atoms with Crippen LogP contribution in [0.3, 0.4) is 0 Å². The fourth-order valence-corrected chi connectivity index (χ4v) is 4.24. The molecule has 10 heteroatoms. The van der Waals surface area contributed by atoms with Gasteiger partial charge in [0.1, 0.15) is 37.4 Å². The molecule has 0 amide bonds. The van der Waals surface area contributed by atoms with E-state index < -0.39 is 30.1 Å². The summed E-state index contributed by atoms with van der Waals surface area (Å²) in [4.78, 5) is 33.6. The van der Waals surface area contributed by atoms with Crippen molar-refractivity contribution in [3.63, 3.8) is 0 Å². The maximum Gasteiger partial charge on any atom is 0.303 e. The van der Waals surface area contributed by atoms with Crippen LogP contribution in [0.25, 0.3) is 0 Å². The first-order chi connectivity index (χ1) is 17.4. The molecular weight excluding hydrogens is 615 g/mol. The molecule has 0 bridgehead atoms. The van der Waals surface area contributed by atoms with E-state index in [-0.39, 0.29) is 31.1 Å². The summed E-state index contributed by atoms with van der Waals surface area (Å²) in [5, 5.41) is 0. The zero-order valence-electron chi connectivity index (χ0n) is 21.5. The minimum absolute atomic E-state index is 0.0529. The molecule has 0 aromatic heterocycles. The highest BCUT2D eigenvalue weighted by molar-refractivity contribution is 14.1. The van der Waals surface area contributed by atoms with Crippen molar-refractivity contribution < 1.29 is 38.1 Å². The van der Waals surface area contributed by atoms with E-state index in [1.54, 1.807) is 0 Å². The zero-order chi connectivity index (χ0) is 27.6. The summed E-state index contributed by atoms with van der Waals surface area (Å²) in [7, 11) is 0. The molecule has 0 unspecified atom stereocenters. The van der Waals surface area contributed by atoms with Crippen LogP contribution in [0.5, 0.6) is 11.5 Å². The van der Waals surface area contributed by atoms with E-state index in [9.17, 15) is 14.4 Å². The van der Waals surface area contributed by atoms with Crippen molar-refractivity contribution in [1.82, 2.24) is 0 Å². The van der Waals surface area contributed by atoms with Gasteiger partial charge in [0.25, 0.3) is 0 Å². The van der Waals surface area contributed by atoms with Crippen LogP contribution in [0.2, 0.25) is 0 Å². The summed E-state index contributed by atoms with van der Waals surface area (Å²) in [6.45, 7) is 8.30. The first-order valence-electron chi connectivity index (χ1n) is 11.6. The van der Waals surface area contributed by atoms with Gasteiger partial charge in [-0.3, -0.25) is 14.4 Å². The molecule has 8 nitrogen and oxygen atoms in total. The predicted molar refractivity (Wildman–Crippen MR) is 147 cm³/mol. The highest BCUT2D eigenvalue weighted by atomic mass is 127. The number of carbonyl (C=O) groups is 3. The number of halogens is 2. The Balaban J connectivity index is 2.06. The Hall–Kier alpha value is -2.53. The fourth-order valence-electron chi connectivity index (χ4n) is 3.42. The molecular formula is C27H32ClIO8. The average molecular weight is 647 g/mol. The van der Waals surface area contributed by atoms with Crippen molar-refractivity contribution in [3.05, 3.63) is 57.2 Å². The van der Waals surface area contributed by atoms with Gasteiger partial charge in [0.2, 0.25) is 0 Å². The van der Waals surface area contributed by atoms with Gasteiger partial charge < -0.3 is 23.7 Å². The van der Waals surface area contributed by atoms with Crippen LogP contribution in [0, 0.1) is 3.57 Å². The second-order valence-electron chi connectivity index (χ2n) is 8.84. The van der Waals surface area contributed by atoms with Crippen LogP contribution in [-0.2, 0) is 34.0 Å². The molecule has 202 valence electrons. The minimum Gasteiger partial charge on any atom is -0.490 e. The summed E-state index contributed by atoms with van der Waals surface area (Å²) in [6, 6.07) is 13.6. The van der Waals surface area contributed by atoms with Crippen molar-refractivity contribution in [3.8, 4) is 11.5 Å². The first kappa shape index (κ1) is 30.7. The number of alkyl halides is 1. The number of rotatable bonds is 13. The molecule has 0 saturated carbocycles. The molecule has 0 spiro atoms. The molecule has 2 atom stereocenters. The van der Waals surface area contributed by atoms with Gasteiger partial charge in [-0.05, 0) is 58.0 Å². The Morgan fingerprint density at radius 1 is 0.811 bits per heavy atom. The number of esters is 3. The molecule has 2 aromatic rings. The summed E-state index contributed by atoms with van der Waals surface area (Å²) in [5.74, 6) is 0.0921. The average Bonchev–Trinajstić information content (AvgIpc) is 2.83. The molecule has 0 N–H and O–H groups in total. The largest absolute Gasteiger partial charge is 0.490 e. The quantitative estimate of drug-likeness (QED) is 0.129. The van der Waals surface area contributed by atoms with Gasteiger partial charge in [0, 0.05) is 26.2 Å². The lowest BCUT2D eigenvalue weighted by molar-refractivity contribution is -0.158. The molecule has 0 aliphatic carbocycles. The molecule has 0 saturated heterocycles. The van der Waals surface area contributed by atoms with Crippen LogP contribution >= 0.6 is 34.2 Å². The number of ether oxygens (including phenoxy) is 5. The third-order valence-corrected chi connectivity index (χ3v) is 6.59. The Labute approximate surface area is 236 Å². The molecule has 2 aromatic carbocycles. The summed E-state index contributed by atoms with van der Waals surface area (Å²) >= 11 is 8.07. The molecule has 37 heavy (non-hydrogen) atoms. The van der Waals surface area contributed by atoms with E-state index >= 15 is 0 Å². The van der Waals surface area contributed by atoms with Gasteiger partial charge in [0.05, 0.1) is 9.45 Å². The maximum atomic E-state index is 11.3. The van der Waals surface area contributed by atoms with Crippen molar-refractivity contribution in [2.45, 2.75) is 52.2 Å². The highest BCUT2D eigenvalue weighted by Gasteiger charge is 2.25. The van der Waals surface area contributed by atoms with E-state index in [0.29, 0.717) is 11.5 Å². The Morgan fingerprint density at radius 3 is 1.92 bits per heavy atom. The van der Waals surface area contributed by atoms with Gasteiger partial charge in [-0.25, -0.2) is 0 Å². The lowest BCUT2D eigenvalue weighted by Gasteiger charge is -2.27. The zero-order valence-corrected chi connectivity index (χ0v) is 24.5. The standard InChI is InChI=1S/C27H32ClIO8/c1-17(30)33-15-24(37-19(3)32)16-34-22-9-6-20(7-10-22)27(4,5)21-8-11-26(25(29)12-21)35-14-23(13-28)36-18(2)31/h6-12,23-24H,13-16H2,1-5H3/t23-,24-/m0/s1. The van der Waals surface area contributed by atoms with Crippen LogP contribution < -0.4 is 9.47 Å². The number of carbonyl (C=O) groups excluding carboxylic acids is 3. The summed E-state index contributed by atoms with van der Waals surface area (Å²) in [6.07, 6.45) is -1.22. The maximum absolute atomic E-state index is 11.3. The van der Waals surface area contributed by atoms with Crippen LogP contribution in [0.1, 0.15) is 45.7 Å². The molecule has 0 aliphatic rings. The van der Waals surface area contributed by atoms with Crippen LogP contribution in [0.4, 0.5) is 0 Å². The number of hydrogen-bond acceptors (Lipinski definition) is 8. The van der Waals surface area contributed by atoms with Gasteiger partial charge >= 0.3 is 17.9 Å². The van der Waals surface area contributed by atoms with Crippen molar-refractivity contribution in [1.29, 1.82) is 0 Å².